The summed E-state index contributed by atoms with van der Waals surface area (Å²) < 4.78 is 23.1. The van der Waals surface area contributed by atoms with Gasteiger partial charge < -0.3 is 5.32 Å². The van der Waals surface area contributed by atoms with Crippen LogP contribution in [0.5, 0.6) is 0 Å². The summed E-state index contributed by atoms with van der Waals surface area (Å²) in [4.78, 5) is 0. The summed E-state index contributed by atoms with van der Waals surface area (Å²) in [5, 5.41) is 3.54. The molecule has 0 amide bonds. The van der Waals surface area contributed by atoms with Crippen LogP contribution in [0.1, 0.15) is 24.0 Å². The molecule has 0 unspecified atom stereocenters. The number of nitrogens with one attached hydrogen (secondary N) is 1. The summed E-state index contributed by atoms with van der Waals surface area (Å²) in [6.07, 6.45) is 2.28. The molecule has 4 heteroatoms. The zero-order chi connectivity index (χ0) is 15.4. The van der Waals surface area contributed by atoms with E-state index in [9.17, 15) is 8.42 Å². The van der Waals surface area contributed by atoms with Crippen molar-refractivity contribution in [1.29, 1.82) is 0 Å². The van der Waals surface area contributed by atoms with Gasteiger partial charge in [0.2, 0.25) is 0 Å². The van der Waals surface area contributed by atoms with Crippen LogP contribution in [0, 0.1) is 0 Å². The maximum Gasteiger partial charge on any atom is 0.150 e. The van der Waals surface area contributed by atoms with Gasteiger partial charge in [0.25, 0.3) is 0 Å². The van der Waals surface area contributed by atoms with Crippen LogP contribution in [0.15, 0.2) is 54.6 Å². The van der Waals surface area contributed by atoms with Gasteiger partial charge in [-0.05, 0) is 36.5 Å². The van der Waals surface area contributed by atoms with Crippen molar-refractivity contribution in [3.8, 4) is 0 Å². The molecule has 0 bridgehead atoms. The van der Waals surface area contributed by atoms with Gasteiger partial charge in [-0.15, -0.1) is 0 Å². The highest BCUT2D eigenvalue weighted by Crippen LogP contribution is 2.23. The molecule has 1 aliphatic rings. The van der Waals surface area contributed by atoms with Crippen LogP contribution in [0.25, 0.3) is 0 Å². The Morgan fingerprint density at radius 2 is 1.55 bits per heavy atom. The van der Waals surface area contributed by atoms with Gasteiger partial charge in [-0.3, -0.25) is 0 Å². The maximum atomic E-state index is 11.5. The van der Waals surface area contributed by atoms with Gasteiger partial charge in [0.15, 0.2) is 0 Å². The standard InChI is InChI=1S/C18H21NO2S/c20-22(21)12-10-17(11-13-22)19-18-9-5-4-8-16(18)14-15-6-2-1-3-7-15/h1-9,17,19H,10-14H2. The summed E-state index contributed by atoms with van der Waals surface area (Å²) in [6.45, 7) is 0. The van der Waals surface area contributed by atoms with Crippen LogP contribution in [-0.2, 0) is 16.3 Å². The van der Waals surface area contributed by atoms with Gasteiger partial charge in [-0.25, -0.2) is 8.42 Å². The zero-order valence-electron chi connectivity index (χ0n) is 12.5. The van der Waals surface area contributed by atoms with Gasteiger partial charge in [-0.1, -0.05) is 48.5 Å². The van der Waals surface area contributed by atoms with Gasteiger partial charge in [0.05, 0.1) is 11.5 Å². The molecular weight excluding hydrogens is 294 g/mol. The van der Waals surface area contributed by atoms with E-state index in [4.69, 9.17) is 0 Å². The minimum Gasteiger partial charge on any atom is -0.382 e. The van der Waals surface area contributed by atoms with Crippen LogP contribution in [0.4, 0.5) is 5.69 Å². The summed E-state index contributed by atoms with van der Waals surface area (Å²) in [7, 11) is -2.81. The summed E-state index contributed by atoms with van der Waals surface area (Å²) >= 11 is 0. The molecule has 1 N–H and O–H groups in total. The van der Waals surface area contributed by atoms with E-state index in [1.54, 1.807) is 0 Å². The predicted molar refractivity (Wildman–Crippen MR) is 91.0 cm³/mol. The van der Waals surface area contributed by atoms with E-state index in [1.165, 1.54) is 11.1 Å². The van der Waals surface area contributed by atoms with Crippen LogP contribution in [0.2, 0.25) is 0 Å². The van der Waals surface area contributed by atoms with E-state index in [0.717, 1.165) is 12.1 Å². The normalized spacial score (nSPS) is 18.0. The molecule has 0 aliphatic carbocycles. The number of rotatable bonds is 4. The first-order valence-electron chi connectivity index (χ1n) is 7.71. The van der Waals surface area contributed by atoms with Crippen LogP contribution >= 0.6 is 0 Å². The molecule has 1 saturated heterocycles. The molecule has 1 fully saturated rings. The Morgan fingerprint density at radius 1 is 0.909 bits per heavy atom. The first-order chi connectivity index (χ1) is 10.6. The van der Waals surface area contributed by atoms with Crippen LogP contribution in [-0.4, -0.2) is 26.0 Å². The first kappa shape index (κ1) is 15.1. The topological polar surface area (TPSA) is 46.2 Å². The van der Waals surface area contributed by atoms with E-state index < -0.39 is 9.84 Å². The van der Waals surface area contributed by atoms with Crippen molar-refractivity contribution in [1.82, 2.24) is 0 Å². The predicted octanol–water partition coefficient (Wildman–Crippen LogP) is 3.27. The van der Waals surface area contributed by atoms with Crippen molar-refractivity contribution in [3.63, 3.8) is 0 Å². The third kappa shape index (κ3) is 3.89. The first-order valence-corrected chi connectivity index (χ1v) is 9.53. The Hall–Kier alpha value is -1.81. The number of sulfone groups is 1. The van der Waals surface area contributed by atoms with E-state index in [1.807, 2.05) is 12.1 Å². The molecule has 116 valence electrons. The Labute approximate surface area is 132 Å². The number of anilines is 1. The molecule has 3 nitrogen and oxygen atoms in total. The highest BCUT2D eigenvalue weighted by Gasteiger charge is 2.23. The molecule has 1 heterocycles. The van der Waals surface area contributed by atoms with Gasteiger partial charge in [0, 0.05) is 11.7 Å². The summed E-state index contributed by atoms with van der Waals surface area (Å²) in [6, 6.07) is 18.9. The van der Waals surface area contributed by atoms with Gasteiger partial charge in [-0.2, -0.15) is 0 Å². The Kier molecular flexibility index (Phi) is 4.48. The lowest BCUT2D eigenvalue weighted by atomic mass is 10.0. The zero-order valence-corrected chi connectivity index (χ0v) is 13.4. The quantitative estimate of drug-likeness (QED) is 0.942. The Balaban J connectivity index is 1.72. The minimum absolute atomic E-state index is 0.250. The molecule has 0 aromatic heterocycles. The largest absolute Gasteiger partial charge is 0.382 e. The maximum absolute atomic E-state index is 11.5. The van der Waals surface area contributed by atoms with Crippen molar-refractivity contribution in [2.75, 3.05) is 16.8 Å². The third-order valence-corrected chi connectivity index (χ3v) is 5.88. The minimum atomic E-state index is -2.81. The monoisotopic (exact) mass is 315 g/mol. The number of benzene rings is 2. The van der Waals surface area contributed by atoms with Crippen LogP contribution < -0.4 is 5.32 Å². The molecule has 0 atom stereocenters. The lowest BCUT2D eigenvalue weighted by molar-refractivity contribution is 0.559. The van der Waals surface area contributed by atoms with Gasteiger partial charge in [0.1, 0.15) is 9.84 Å². The highest BCUT2D eigenvalue weighted by molar-refractivity contribution is 7.91. The molecule has 1 aliphatic heterocycles. The second-order valence-electron chi connectivity index (χ2n) is 5.89. The Morgan fingerprint density at radius 3 is 2.27 bits per heavy atom. The van der Waals surface area contributed by atoms with Gasteiger partial charge >= 0.3 is 0 Å². The second-order valence-corrected chi connectivity index (χ2v) is 8.19. The number of hydrogen-bond donors (Lipinski definition) is 1. The van der Waals surface area contributed by atoms with E-state index in [-0.39, 0.29) is 6.04 Å². The van der Waals surface area contributed by atoms with E-state index >= 15 is 0 Å². The summed E-state index contributed by atoms with van der Waals surface area (Å²) in [5.74, 6) is 0.594. The molecule has 0 radical (unpaired) electrons. The molecule has 0 saturated carbocycles. The number of hydrogen-bond acceptors (Lipinski definition) is 3. The SMILES string of the molecule is O=S1(=O)CCC(Nc2ccccc2Cc2ccccc2)CC1. The number of para-hydroxylation sites is 1. The van der Waals surface area contributed by atoms with Crippen molar-refractivity contribution >= 4 is 15.5 Å². The molecule has 22 heavy (non-hydrogen) atoms. The van der Waals surface area contributed by atoms with Crippen LogP contribution in [0.3, 0.4) is 0 Å². The lowest BCUT2D eigenvalue weighted by Gasteiger charge is -2.25. The van der Waals surface area contributed by atoms with Crippen molar-refractivity contribution < 1.29 is 8.42 Å². The highest BCUT2D eigenvalue weighted by atomic mass is 32.2. The molecule has 3 rings (SSSR count). The fraction of sp³-hybridized carbons (Fsp3) is 0.333. The van der Waals surface area contributed by atoms with E-state index in [0.29, 0.717) is 24.3 Å². The molecule has 2 aromatic carbocycles. The molecule has 0 spiro atoms. The molecular formula is C18H21NO2S. The lowest BCUT2D eigenvalue weighted by Crippen LogP contribution is -2.32. The third-order valence-electron chi connectivity index (χ3n) is 4.17. The average Bonchev–Trinajstić information content (AvgIpc) is 2.52. The Bertz CT molecular complexity index is 712. The van der Waals surface area contributed by atoms with Crippen molar-refractivity contribution in [2.24, 2.45) is 0 Å². The van der Waals surface area contributed by atoms with E-state index in [2.05, 4.69) is 47.8 Å². The second kappa shape index (κ2) is 6.53. The van der Waals surface area contributed by atoms with Crippen molar-refractivity contribution in [2.45, 2.75) is 25.3 Å². The average molecular weight is 315 g/mol. The smallest absolute Gasteiger partial charge is 0.150 e. The molecule has 2 aromatic rings. The fourth-order valence-electron chi connectivity index (χ4n) is 2.89. The summed E-state index contributed by atoms with van der Waals surface area (Å²) in [5.41, 5.74) is 3.65. The fourth-order valence-corrected chi connectivity index (χ4v) is 4.38. The van der Waals surface area contributed by atoms with Crippen molar-refractivity contribution in [3.05, 3.63) is 65.7 Å².